The third kappa shape index (κ3) is 1.68. The summed E-state index contributed by atoms with van der Waals surface area (Å²) < 4.78 is 30.8. The van der Waals surface area contributed by atoms with E-state index in [2.05, 4.69) is 4.98 Å². The summed E-state index contributed by atoms with van der Waals surface area (Å²) in [5.41, 5.74) is 1.34. The summed E-state index contributed by atoms with van der Waals surface area (Å²) in [6.07, 6.45) is 3.15. The predicted molar refractivity (Wildman–Crippen MR) is 67.5 cm³/mol. The van der Waals surface area contributed by atoms with Gasteiger partial charge in [0.2, 0.25) is 0 Å². The van der Waals surface area contributed by atoms with Crippen LogP contribution in [0.15, 0.2) is 24.4 Å². The lowest BCUT2D eigenvalue weighted by molar-refractivity contribution is 0.392. The monoisotopic (exact) mass is 266 g/mol. The van der Waals surface area contributed by atoms with E-state index in [0.717, 1.165) is 6.42 Å². The van der Waals surface area contributed by atoms with Crippen LogP contribution in [0.5, 0.6) is 5.88 Å². The van der Waals surface area contributed by atoms with Crippen LogP contribution in [0.3, 0.4) is 0 Å². The van der Waals surface area contributed by atoms with Crippen LogP contribution in [0, 0.1) is 0 Å². The van der Waals surface area contributed by atoms with Crippen molar-refractivity contribution in [3.63, 3.8) is 0 Å². The van der Waals surface area contributed by atoms with Gasteiger partial charge in [-0.25, -0.2) is 13.4 Å². The molecule has 0 saturated carbocycles. The third-order valence-electron chi connectivity index (χ3n) is 3.34. The van der Waals surface area contributed by atoms with Gasteiger partial charge in [0, 0.05) is 6.20 Å². The van der Waals surface area contributed by atoms with Crippen LogP contribution < -0.4 is 4.74 Å². The number of rotatable bonds is 2. The van der Waals surface area contributed by atoms with Gasteiger partial charge in [-0.2, -0.15) is 0 Å². The normalized spacial score (nSPS) is 22.4. The molecular weight excluding hydrogens is 252 g/mol. The van der Waals surface area contributed by atoms with Crippen LogP contribution in [0.1, 0.15) is 23.8 Å². The van der Waals surface area contributed by atoms with Gasteiger partial charge in [0.25, 0.3) is 0 Å². The molecule has 2 aromatic rings. The topological polar surface area (TPSA) is 60.7 Å². The highest BCUT2D eigenvalue weighted by molar-refractivity contribution is 7.91. The van der Waals surface area contributed by atoms with E-state index < -0.39 is 15.1 Å². The SMILES string of the molecule is COc1cccc2nc(C3CCCS3(=O)=O)cn12. The Morgan fingerprint density at radius 1 is 1.44 bits per heavy atom. The highest BCUT2D eigenvalue weighted by Crippen LogP contribution is 2.34. The van der Waals surface area contributed by atoms with Gasteiger partial charge in [-0.05, 0) is 25.0 Å². The van der Waals surface area contributed by atoms with Crippen molar-refractivity contribution in [1.82, 2.24) is 9.38 Å². The summed E-state index contributed by atoms with van der Waals surface area (Å²) >= 11 is 0. The van der Waals surface area contributed by atoms with Crippen molar-refractivity contribution in [2.75, 3.05) is 12.9 Å². The van der Waals surface area contributed by atoms with E-state index >= 15 is 0 Å². The van der Waals surface area contributed by atoms with E-state index in [-0.39, 0.29) is 5.75 Å². The smallest absolute Gasteiger partial charge is 0.198 e. The summed E-state index contributed by atoms with van der Waals surface area (Å²) in [6.45, 7) is 0. The molecule has 0 N–H and O–H groups in total. The van der Waals surface area contributed by atoms with Gasteiger partial charge in [-0.15, -0.1) is 0 Å². The molecule has 96 valence electrons. The zero-order chi connectivity index (χ0) is 12.8. The molecule has 1 aliphatic rings. The Kier molecular flexibility index (Phi) is 2.55. The van der Waals surface area contributed by atoms with E-state index in [1.807, 2.05) is 18.2 Å². The first kappa shape index (κ1) is 11.5. The Bertz CT molecular complexity index is 690. The lowest BCUT2D eigenvalue weighted by Gasteiger charge is -2.04. The quantitative estimate of drug-likeness (QED) is 0.828. The van der Waals surface area contributed by atoms with Crippen molar-refractivity contribution in [2.45, 2.75) is 18.1 Å². The Balaban J connectivity index is 2.14. The molecule has 18 heavy (non-hydrogen) atoms. The van der Waals surface area contributed by atoms with Crippen LogP contribution in [-0.2, 0) is 9.84 Å². The molecule has 1 aliphatic heterocycles. The molecule has 0 aromatic carbocycles. The van der Waals surface area contributed by atoms with Gasteiger partial charge in [-0.1, -0.05) is 6.07 Å². The Hall–Kier alpha value is -1.56. The minimum absolute atomic E-state index is 0.267. The molecule has 0 radical (unpaired) electrons. The zero-order valence-electron chi connectivity index (χ0n) is 10.0. The van der Waals surface area contributed by atoms with Gasteiger partial charge in [-0.3, -0.25) is 4.40 Å². The maximum atomic E-state index is 11.9. The number of hydrogen-bond donors (Lipinski definition) is 0. The second-order valence-electron chi connectivity index (χ2n) is 4.46. The molecule has 5 nitrogen and oxygen atoms in total. The summed E-state index contributed by atoms with van der Waals surface area (Å²) in [7, 11) is -1.44. The number of hydrogen-bond acceptors (Lipinski definition) is 4. The molecule has 2 aromatic heterocycles. The standard InChI is InChI=1S/C12H14N2O3S/c1-17-12-6-2-5-11-13-9(8-14(11)12)10-4-3-7-18(10,15)16/h2,5-6,8,10H,3-4,7H2,1H3. The van der Waals surface area contributed by atoms with E-state index in [1.54, 1.807) is 17.7 Å². The molecule has 6 heteroatoms. The molecule has 1 fully saturated rings. The van der Waals surface area contributed by atoms with Crippen molar-refractivity contribution in [1.29, 1.82) is 0 Å². The molecule has 0 aliphatic carbocycles. The average molecular weight is 266 g/mol. The number of imidazole rings is 1. The highest BCUT2D eigenvalue weighted by Gasteiger charge is 2.34. The molecule has 1 unspecified atom stereocenters. The Morgan fingerprint density at radius 3 is 2.94 bits per heavy atom. The van der Waals surface area contributed by atoms with E-state index in [0.29, 0.717) is 23.6 Å². The van der Waals surface area contributed by atoms with Crippen molar-refractivity contribution in [3.8, 4) is 5.88 Å². The second kappa shape index (κ2) is 3.98. The van der Waals surface area contributed by atoms with E-state index in [1.165, 1.54) is 0 Å². The number of fused-ring (bicyclic) bond motifs is 1. The molecule has 0 amide bonds. The molecular formula is C12H14N2O3S. The van der Waals surface area contributed by atoms with Crippen molar-refractivity contribution < 1.29 is 13.2 Å². The van der Waals surface area contributed by atoms with Gasteiger partial charge in [0.05, 0.1) is 18.6 Å². The summed E-state index contributed by atoms with van der Waals surface area (Å²) in [6, 6.07) is 5.50. The third-order valence-corrected chi connectivity index (χ3v) is 5.54. The first-order valence-corrected chi connectivity index (χ1v) is 7.57. The molecule has 0 bridgehead atoms. The predicted octanol–water partition coefficient (Wildman–Crippen LogP) is 1.59. The number of methoxy groups -OCH3 is 1. The summed E-state index contributed by atoms with van der Waals surface area (Å²) in [5, 5.41) is -0.456. The van der Waals surface area contributed by atoms with Crippen molar-refractivity contribution in [2.24, 2.45) is 0 Å². The van der Waals surface area contributed by atoms with Gasteiger partial charge in [0.15, 0.2) is 15.7 Å². The van der Waals surface area contributed by atoms with Crippen LogP contribution in [0.4, 0.5) is 0 Å². The number of pyridine rings is 1. The molecule has 3 rings (SSSR count). The second-order valence-corrected chi connectivity index (χ2v) is 6.76. The van der Waals surface area contributed by atoms with E-state index in [9.17, 15) is 8.42 Å². The fourth-order valence-electron chi connectivity index (χ4n) is 2.45. The fraction of sp³-hybridized carbons (Fsp3) is 0.417. The van der Waals surface area contributed by atoms with Gasteiger partial charge in [0.1, 0.15) is 10.9 Å². The minimum Gasteiger partial charge on any atom is -0.482 e. The molecule has 1 atom stereocenters. The van der Waals surface area contributed by atoms with Gasteiger partial charge < -0.3 is 4.74 Å². The highest BCUT2D eigenvalue weighted by atomic mass is 32.2. The average Bonchev–Trinajstić information content (AvgIpc) is 2.90. The van der Waals surface area contributed by atoms with E-state index in [4.69, 9.17) is 4.74 Å². The Morgan fingerprint density at radius 2 is 2.28 bits per heavy atom. The van der Waals surface area contributed by atoms with Crippen LogP contribution in [0.25, 0.3) is 5.65 Å². The van der Waals surface area contributed by atoms with Gasteiger partial charge >= 0.3 is 0 Å². The lowest BCUT2D eigenvalue weighted by atomic mass is 10.2. The van der Waals surface area contributed by atoms with Crippen molar-refractivity contribution >= 4 is 15.5 Å². The molecule has 3 heterocycles. The summed E-state index contributed by atoms with van der Waals surface area (Å²) in [5.74, 6) is 0.921. The number of aromatic nitrogens is 2. The van der Waals surface area contributed by atoms with Crippen LogP contribution >= 0.6 is 0 Å². The maximum Gasteiger partial charge on any atom is 0.198 e. The van der Waals surface area contributed by atoms with Crippen molar-refractivity contribution in [3.05, 3.63) is 30.1 Å². The number of ether oxygens (including phenoxy) is 1. The maximum absolute atomic E-state index is 11.9. The molecule has 1 saturated heterocycles. The minimum atomic E-state index is -3.02. The first-order chi connectivity index (χ1) is 8.62. The zero-order valence-corrected chi connectivity index (χ0v) is 10.9. The largest absolute Gasteiger partial charge is 0.482 e. The fourth-order valence-corrected chi connectivity index (χ4v) is 4.31. The summed E-state index contributed by atoms with van der Waals surface area (Å²) in [4.78, 5) is 4.40. The Labute approximate surface area is 105 Å². The number of nitrogens with zero attached hydrogens (tertiary/aromatic N) is 2. The number of sulfone groups is 1. The first-order valence-electron chi connectivity index (χ1n) is 5.85. The van der Waals surface area contributed by atoms with Crippen LogP contribution in [-0.4, -0.2) is 30.7 Å². The van der Waals surface area contributed by atoms with Crippen LogP contribution in [0.2, 0.25) is 0 Å². The molecule has 0 spiro atoms. The lowest BCUT2D eigenvalue weighted by Crippen LogP contribution is -2.08.